The van der Waals surface area contributed by atoms with Crippen molar-refractivity contribution in [1.29, 1.82) is 0 Å². The summed E-state index contributed by atoms with van der Waals surface area (Å²) in [5.41, 5.74) is 1.43. The van der Waals surface area contributed by atoms with Gasteiger partial charge in [0, 0.05) is 38.3 Å². The Labute approximate surface area is 123 Å². The van der Waals surface area contributed by atoms with E-state index in [9.17, 15) is 0 Å². The van der Waals surface area contributed by atoms with Crippen LogP contribution in [0.5, 0.6) is 0 Å². The first-order valence-corrected chi connectivity index (χ1v) is 8.11. The van der Waals surface area contributed by atoms with Gasteiger partial charge in [-0.1, -0.05) is 37.3 Å². The molecule has 2 aliphatic heterocycles. The molecule has 2 atom stereocenters. The summed E-state index contributed by atoms with van der Waals surface area (Å²) in [6, 6.07) is 12.2. The highest BCUT2D eigenvalue weighted by Gasteiger charge is 2.29. The topological polar surface area (TPSA) is 18.5 Å². The molecule has 0 spiro atoms. The van der Waals surface area contributed by atoms with Crippen LogP contribution < -0.4 is 5.32 Å². The molecule has 20 heavy (non-hydrogen) atoms. The smallest absolute Gasteiger partial charge is 0.0449 e. The van der Waals surface area contributed by atoms with Crippen molar-refractivity contribution in [2.45, 2.75) is 31.8 Å². The molecule has 110 valence electrons. The molecule has 0 aromatic heterocycles. The lowest BCUT2D eigenvalue weighted by Crippen LogP contribution is -2.54. The molecule has 1 aromatic rings. The Morgan fingerprint density at radius 2 is 2.00 bits per heavy atom. The van der Waals surface area contributed by atoms with Gasteiger partial charge in [0.25, 0.3) is 0 Å². The molecule has 3 nitrogen and oxygen atoms in total. The van der Waals surface area contributed by atoms with Crippen LogP contribution in [-0.4, -0.2) is 55.1 Å². The third-order valence-electron chi connectivity index (χ3n) is 4.85. The number of benzene rings is 1. The number of likely N-dealkylation sites (tertiary alicyclic amines) is 1. The van der Waals surface area contributed by atoms with Gasteiger partial charge in [-0.15, -0.1) is 0 Å². The fraction of sp³-hybridized carbons (Fsp3) is 0.647. The lowest BCUT2D eigenvalue weighted by atomic mass is 9.99. The second kappa shape index (κ2) is 6.70. The number of nitrogens with one attached hydrogen (secondary N) is 1. The maximum Gasteiger partial charge on any atom is 0.0449 e. The fourth-order valence-corrected chi connectivity index (χ4v) is 3.63. The van der Waals surface area contributed by atoms with Crippen molar-refractivity contribution in [3.63, 3.8) is 0 Å². The summed E-state index contributed by atoms with van der Waals surface area (Å²) < 4.78 is 0. The van der Waals surface area contributed by atoms with Gasteiger partial charge in [0.2, 0.25) is 0 Å². The summed E-state index contributed by atoms with van der Waals surface area (Å²) in [6.07, 6.45) is 2.73. The normalized spacial score (nSPS) is 29.4. The molecule has 2 heterocycles. The van der Waals surface area contributed by atoms with Gasteiger partial charge in [0.1, 0.15) is 0 Å². The quantitative estimate of drug-likeness (QED) is 0.910. The van der Waals surface area contributed by atoms with Crippen LogP contribution in [-0.2, 0) is 0 Å². The molecule has 0 aliphatic carbocycles. The van der Waals surface area contributed by atoms with Crippen LogP contribution in [0.3, 0.4) is 0 Å². The molecular formula is C17H27N3. The van der Waals surface area contributed by atoms with Crippen LogP contribution in [0, 0.1) is 0 Å². The number of piperazine rings is 1. The van der Waals surface area contributed by atoms with Crippen LogP contribution >= 0.6 is 0 Å². The summed E-state index contributed by atoms with van der Waals surface area (Å²) in [7, 11) is 0. The highest BCUT2D eigenvalue weighted by atomic mass is 15.3. The molecule has 0 radical (unpaired) electrons. The predicted octanol–water partition coefficient (Wildman–Crippen LogP) is 2.12. The minimum absolute atomic E-state index is 0.502. The molecule has 1 N–H and O–H groups in total. The second-order valence-corrected chi connectivity index (χ2v) is 6.10. The van der Waals surface area contributed by atoms with E-state index >= 15 is 0 Å². The van der Waals surface area contributed by atoms with E-state index in [4.69, 9.17) is 0 Å². The molecule has 0 bridgehead atoms. The average molecular weight is 273 g/mol. The van der Waals surface area contributed by atoms with Gasteiger partial charge >= 0.3 is 0 Å². The first-order chi connectivity index (χ1) is 9.86. The van der Waals surface area contributed by atoms with Crippen molar-refractivity contribution < 1.29 is 0 Å². The van der Waals surface area contributed by atoms with E-state index in [0.29, 0.717) is 6.04 Å². The van der Waals surface area contributed by atoms with Gasteiger partial charge < -0.3 is 10.2 Å². The summed E-state index contributed by atoms with van der Waals surface area (Å²) in [5, 5.41) is 3.67. The molecule has 3 rings (SSSR count). The number of hydrogen-bond donors (Lipinski definition) is 1. The van der Waals surface area contributed by atoms with E-state index in [-0.39, 0.29) is 0 Å². The van der Waals surface area contributed by atoms with E-state index in [1.165, 1.54) is 44.6 Å². The first-order valence-electron chi connectivity index (χ1n) is 8.11. The van der Waals surface area contributed by atoms with Crippen LogP contribution in [0.4, 0.5) is 0 Å². The van der Waals surface area contributed by atoms with E-state index in [2.05, 4.69) is 52.4 Å². The number of rotatable bonds is 3. The van der Waals surface area contributed by atoms with Gasteiger partial charge in [-0.25, -0.2) is 0 Å². The summed E-state index contributed by atoms with van der Waals surface area (Å²) in [6.45, 7) is 9.51. The Bertz CT molecular complexity index is 406. The third kappa shape index (κ3) is 3.22. The summed E-state index contributed by atoms with van der Waals surface area (Å²) >= 11 is 0. The van der Waals surface area contributed by atoms with Gasteiger partial charge in [0.15, 0.2) is 0 Å². The lowest BCUT2D eigenvalue weighted by molar-refractivity contribution is 0.0764. The molecule has 0 amide bonds. The predicted molar refractivity (Wildman–Crippen MR) is 83.9 cm³/mol. The minimum atomic E-state index is 0.502. The average Bonchev–Trinajstić information content (AvgIpc) is 2.56. The molecule has 3 heteroatoms. The zero-order valence-corrected chi connectivity index (χ0v) is 12.6. The molecule has 2 unspecified atom stereocenters. The molecule has 1 aromatic carbocycles. The SMILES string of the molecule is CCN1CCCC(N2CCNC(c3ccccc3)C2)C1. The maximum absolute atomic E-state index is 3.67. The van der Waals surface area contributed by atoms with Gasteiger partial charge in [0.05, 0.1) is 0 Å². The monoisotopic (exact) mass is 273 g/mol. The molecule has 2 saturated heterocycles. The number of piperidine rings is 1. The Morgan fingerprint density at radius 3 is 2.80 bits per heavy atom. The third-order valence-corrected chi connectivity index (χ3v) is 4.85. The van der Waals surface area contributed by atoms with Crippen LogP contribution in [0.1, 0.15) is 31.4 Å². The van der Waals surface area contributed by atoms with E-state index in [0.717, 1.165) is 19.1 Å². The Balaban J connectivity index is 1.63. The highest BCUT2D eigenvalue weighted by molar-refractivity contribution is 5.20. The van der Waals surface area contributed by atoms with Gasteiger partial charge in [-0.05, 0) is 31.5 Å². The molecular weight excluding hydrogens is 246 g/mol. The summed E-state index contributed by atoms with van der Waals surface area (Å²) in [5.74, 6) is 0. The Morgan fingerprint density at radius 1 is 1.15 bits per heavy atom. The standard InChI is InChI=1S/C17H27N3/c1-2-19-11-6-9-16(13-19)20-12-10-18-17(14-20)15-7-4-3-5-8-15/h3-5,7-8,16-18H,2,6,9-14H2,1H3. The van der Waals surface area contributed by atoms with Crippen molar-refractivity contribution in [2.24, 2.45) is 0 Å². The largest absolute Gasteiger partial charge is 0.308 e. The zero-order chi connectivity index (χ0) is 13.8. The lowest BCUT2D eigenvalue weighted by Gasteiger charge is -2.43. The van der Waals surface area contributed by atoms with E-state index < -0.39 is 0 Å². The minimum Gasteiger partial charge on any atom is -0.308 e. The van der Waals surface area contributed by atoms with Crippen molar-refractivity contribution in [3.05, 3.63) is 35.9 Å². The van der Waals surface area contributed by atoms with Gasteiger partial charge in [-0.2, -0.15) is 0 Å². The van der Waals surface area contributed by atoms with Crippen LogP contribution in [0.2, 0.25) is 0 Å². The Kier molecular flexibility index (Phi) is 4.71. The maximum atomic E-state index is 3.67. The molecule has 0 saturated carbocycles. The van der Waals surface area contributed by atoms with Crippen molar-refractivity contribution in [2.75, 3.05) is 39.3 Å². The fourth-order valence-electron chi connectivity index (χ4n) is 3.63. The van der Waals surface area contributed by atoms with Crippen molar-refractivity contribution >= 4 is 0 Å². The van der Waals surface area contributed by atoms with E-state index in [1.54, 1.807) is 0 Å². The first kappa shape index (κ1) is 14.1. The van der Waals surface area contributed by atoms with Gasteiger partial charge in [-0.3, -0.25) is 4.90 Å². The zero-order valence-electron chi connectivity index (χ0n) is 12.6. The second-order valence-electron chi connectivity index (χ2n) is 6.10. The van der Waals surface area contributed by atoms with E-state index in [1.807, 2.05) is 0 Å². The van der Waals surface area contributed by atoms with Crippen LogP contribution in [0.25, 0.3) is 0 Å². The molecule has 2 aliphatic rings. The number of likely N-dealkylation sites (N-methyl/N-ethyl adjacent to an activating group) is 1. The van der Waals surface area contributed by atoms with Crippen molar-refractivity contribution in [1.82, 2.24) is 15.1 Å². The van der Waals surface area contributed by atoms with Crippen molar-refractivity contribution in [3.8, 4) is 0 Å². The summed E-state index contributed by atoms with van der Waals surface area (Å²) in [4.78, 5) is 5.32. The number of nitrogens with zero attached hydrogens (tertiary/aromatic N) is 2. The number of hydrogen-bond acceptors (Lipinski definition) is 3. The molecule has 2 fully saturated rings. The van der Waals surface area contributed by atoms with Crippen LogP contribution in [0.15, 0.2) is 30.3 Å². The highest BCUT2D eigenvalue weighted by Crippen LogP contribution is 2.22. The Hall–Kier alpha value is -0.900.